The minimum atomic E-state index is -1.07. The van der Waals surface area contributed by atoms with Gasteiger partial charge in [-0.2, -0.15) is 0 Å². The highest BCUT2D eigenvalue weighted by molar-refractivity contribution is 7.99. The summed E-state index contributed by atoms with van der Waals surface area (Å²) in [5.41, 5.74) is 2.11. The second-order valence-corrected chi connectivity index (χ2v) is 6.82. The molecule has 108 valence electrons. The molecule has 0 saturated heterocycles. The Kier molecular flexibility index (Phi) is 3.02. The largest absolute Gasteiger partial charge is 0.476 e. The molecule has 1 aliphatic heterocycles. The molecule has 1 N–H and O–H groups in total. The van der Waals surface area contributed by atoms with Crippen LogP contribution in [0.1, 0.15) is 9.80 Å². The number of aromatic carboxylic acids is 1. The van der Waals surface area contributed by atoms with E-state index in [4.69, 9.17) is 0 Å². The molecule has 0 amide bonds. The van der Waals surface area contributed by atoms with Crippen LogP contribution in [0.5, 0.6) is 0 Å². The molecule has 22 heavy (non-hydrogen) atoms. The SMILES string of the molecule is O=C(O)c1nc2c(s1)-c1ccccc1Sc1ccc(F)cc1-2. The number of halogens is 1. The minimum Gasteiger partial charge on any atom is -0.476 e. The van der Waals surface area contributed by atoms with Gasteiger partial charge in [-0.1, -0.05) is 30.0 Å². The third-order valence-electron chi connectivity index (χ3n) is 3.36. The number of carbonyl (C=O) groups is 1. The van der Waals surface area contributed by atoms with Crippen LogP contribution in [-0.4, -0.2) is 16.1 Å². The fraction of sp³-hybridized carbons (Fsp3) is 0. The van der Waals surface area contributed by atoms with E-state index in [-0.39, 0.29) is 10.8 Å². The molecular weight excluding hydrogens is 321 g/mol. The first-order valence-electron chi connectivity index (χ1n) is 6.45. The molecule has 0 unspecified atom stereocenters. The Labute approximate surface area is 133 Å². The lowest BCUT2D eigenvalue weighted by Crippen LogP contribution is -1.94. The number of hydrogen-bond acceptors (Lipinski definition) is 4. The molecule has 0 aliphatic carbocycles. The number of fused-ring (bicyclic) bond motifs is 5. The lowest BCUT2D eigenvalue weighted by atomic mass is 10.1. The monoisotopic (exact) mass is 329 g/mol. The highest BCUT2D eigenvalue weighted by Crippen LogP contribution is 2.49. The number of rotatable bonds is 1. The fourth-order valence-electron chi connectivity index (χ4n) is 2.41. The molecule has 0 atom stereocenters. The molecular formula is C16H8FNO2S2. The molecule has 4 rings (SSSR count). The highest BCUT2D eigenvalue weighted by atomic mass is 32.2. The number of carboxylic acids is 1. The van der Waals surface area contributed by atoms with Crippen molar-refractivity contribution in [2.24, 2.45) is 0 Å². The number of aromatic nitrogens is 1. The normalized spacial score (nSPS) is 12.0. The molecule has 0 spiro atoms. The van der Waals surface area contributed by atoms with Gasteiger partial charge in [-0.15, -0.1) is 11.3 Å². The summed E-state index contributed by atoms with van der Waals surface area (Å²) in [6.45, 7) is 0. The maximum absolute atomic E-state index is 13.7. The van der Waals surface area contributed by atoms with Crippen LogP contribution in [0.25, 0.3) is 21.7 Å². The average Bonchev–Trinajstić information content (AvgIpc) is 2.90. The van der Waals surface area contributed by atoms with E-state index in [1.807, 2.05) is 24.3 Å². The highest BCUT2D eigenvalue weighted by Gasteiger charge is 2.25. The second-order valence-electron chi connectivity index (χ2n) is 4.74. The van der Waals surface area contributed by atoms with E-state index in [2.05, 4.69) is 4.98 Å². The minimum absolute atomic E-state index is 0.0157. The molecule has 6 heteroatoms. The lowest BCUT2D eigenvalue weighted by molar-refractivity contribution is 0.0696. The van der Waals surface area contributed by atoms with E-state index >= 15 is 0 Å². The number of carboxylic acid groups (broad SMARTS) is 1. The van der Waals surface area contributed by atoms with Crippen molar-refractivity contribution in [1.29, 1.82) is 0 Å². The zero-order chi connectivity index (χ0) is 15.3. The topological polar surface area (TPSA) is 50.2 Å². The van der Waals surface area contributed by atoms with E-state index in [9.17, 15) is 14.3 Å². The van der Waals surface area contributed by atoms with Crippen molar-refractivity contribution in [2.75, 3.05) is 0 Å². The van der Waals surface area contributed by atoms with E-state index < -0.39 is 5.97 Å². The van der Waals surface area contributed by atoms with Gasteiger partial charge in [0.1, 0.15) is 5.82 Å². The summed E-state index contributed by atoms with van der Waals surface area (Å²) in [6, 6.07) is 12.3. The maximum Gasteiger partial charge on any atom is 0.365 e. The van der Waals surface area contributed by atoms with Crippen LogP contribution >= 0.6 is 23.1 Å². The van der Waals surface area contributed by atoms with Crippen molar-refractivity contribution in [1.82, 2.24) is 4.98 Å². The standard InChI is InChI=1S/C16H8FNO2S2/c17-8-5-6-12-10(7-8)13-14(22-15(18-13)16(19)20)9-3-1-2-4-11(9)21-12/h1-7H,(H,19,20). The van der Waals surface area contributed by atoms with Crippen molar-refractivity contribution < 1.29 is 14.3 Å². The molecule has 0 radical (unpaired) electrons. The summed E-state index contributed by atoms with van der Waals surface area (Å²) in [7, 11) is 0. The van der Waals surface area contributed by atoms with Gasteiger partial charge < -0.3 is 5.11 Å². The molecule has 3 aromatic rings. The Morgan fingerprint density at radius 2 is 1.86 bits per heavy atom. The summed E-state index contributed by atoms with van der Waals surface area (Å²) in [6.07, 6.45) is 0. The Bertz CT molecular complexity index is 920. The zero-order valence-corrected chi connectivity index (χ0v) is 12.7. The summed E-state index contributed by atoms with van der Waals surface area (Å²) >= 11 is 2.66. The van der Waals surface area contributed by atoms with E-state index in [0.29, 0.717) is 11.3 Å². The van der Waals surface area contributed by atoms with Crippen molar-refractivity contribution in [2.45, 2.75) is 9.79 Å². The van der Waals surface area contributed by atoms with Gasteiger partial charge in [-0.05, 0) is 24.3 Å². The van der Waals surface area contributed by atoms with Gasteiger partial charge in [0.2, 0.25) is 5.01 Å². The van der Waals surface area contributed by atoms with Gasteiger partial charge in [0, 0.05) is 20.9 Å². The number of benzene rings is 2. The lowest BCUT2D eigenvalue weighted by Gasteiger charge is -2.05. The third-order valence-corrected chi connectivity index (χ3v) is 5.59. The molecule has 0 saturated carbocycles. The molecule has 0 bridgehead atoms. The van der Waals surface area contributed by atoms with Crippen LogP contribution in [0.3, 0.4) is 0 Å². The van der Waals surface area contributed by atoms with Crippen molar-refractivity contribution >= 4 is 29.1 Å². The molecule has 2 heterocycles. The Hall–Kier alpha value is -2.18. The fourth-order valence-corrected chi connectivity index (χ4v) is 4.50. The van der Waals surface area contributed by atoms with Crippen LogP contribution in [0, 0.1) is 5.82 Å². The number of nitrogens with zero attached hydrogens (tertiary/aromatic N) is 1. The van der Waals surface area contributed by atoms with Crippen LogP contribution < -0.4 is 0 Å². The first-order chi connectivity index (χ1) is 10.6. The molecule has 3 nitrogen and oxygen atoms in total. The van der Waals surface area contributed by atoms with Crippen LogP contribution in [0.15, 0.2) is 52.3 Å². The zero-order valence-electron chi connectivity index (χ0n) is 11.0. The predicted octanol–water partition coefficient (Wildman–Crippen LogP) is 4.78. The first kappa shape index (κ1) is 13.5. The number of thiazole rings is 1. The van der Waals surface area contributed by atoms with Gasteiger partial charge in [-0.25, -0.2) is 14.2 Å². The third kappa shape index (κ3) is 2.03. The van der Waals surface area contributed by atoms with Crippen LogP contribution in [0.4, 0.5) is 4.39 Å². The van der Waals surface area contributed by atoms with Gasteiger partial charge in [0.05, 0.1) is 10.6 Å². The van der Waals surface area contributed by atoms with E-state index in [0.717, 1.165) is 31.6 Å². The summed E-state index contributed by atoms with van der Waals surface area (Å²) in [5, 5.41) is 9.24. The average molecular weight is 329 g/mol. The van der Waals surface area contributed by atoms with Crippen molar-refractivity contribution in [3.8, 4) is 21.7 Å². The predicted molar refractivity (Wildman–Crippen MR) is 84.0 cm³/mol. The molecule has 1 aromatic heterocycles. The van der Waals surface area contributed by atoms with Crippen molar-refractivity contribution in [3.05, 3.63) is 53.3 Å². The van der Waals surface area contributed by atoms with E-state index in [1.54, 1.807) is 17.8 Å². The Morgan fingerprint density at radius 1 is 1.09 bits per heavy atom. The first-order valence-corrected chi connectivity index (χ1v) is 8.08. The molecule has 0 fully saturated rings. The van der Waals surface area contributed by atoms with Gasteiger partial charge in [0.15, 0.2) is 0 Å². The van der Waals surface area contributed by atoms with E-state index in [1.165, 1.54) is 12.1 Å². The maximum atomic E-state index is 13.7. The van der Waals surface area contributed by atoms with Crippen LogP contribution in [0.2, 0.25) is 0 Å². The second kappa shape index (κ2) is 4.93. The summed E-state index contributed by atoms with van der Waals surface area (Å²) in [5.74, 6) is -1.43. The molecule has 1 aliphatic rings. The smallest absolute Gasteiger partial charge is 0.365 e. The summed E-state index contributed by atoms with van der Waals surface area (Å²) in [4.78, 5) is 18.1. The Balaban J connectivity index is 2.09. The van der Waals surface area contributed by atoms with Gasteiger partial charge >= 0.3 is 5.97 Å². The van der Waals surface area contributed by atoms with Gasteiger partial charge in [-0.3, -0.25) is 0 Å². The quantitative estimate of drug-likeness (QED) is 0.546. The number of hydrogen-bond donors (Lipinski definition) is 1. The summed E-state index contributed by atoms with van der Waals surface area (Å²) < 4.78 is 13.7. The Morgan fingerprint density at radius 3 is 2.68 bits per heavy atom. The molecule has 2 aromatic carbocycles. The van der Waals surface area contributed by atoms with Crippen molar-refractivity contribution in [3.63, 3.8) is 0 Å². The van der Waals surface area contributed by atoms with Crippen LogP contribution in [-0.2, 0) is 0 Å². The van der Waals surface area contributed by atoms with Gasteiger partial charge in [0.25, 0.3) is 0 Å².